The van der Waals surface area contributed by atoms with Crippen LogP contribution in [-0.4, -0.2) is 39.6 Å². The number of imide groups is 1. The van der Waals surface area contributed by atoms with Crippen LogP contribution in [0.2, 0.25) is 5.02 Å². The van der Waals surface area contributed by atoms with E-state index in [2.05, 4.69) is 12.2 Å². The molecule has 1 heterocycles. The average Bonchev–Trinajstić information content (AvgIpc) is 3.64. The molecule has 4 aliphatic carbocycles. The SMILES string of the molecule is C[C@H](C(=O)c1ccccc1)N(C(=O)c1ccccc1Cl)N1C(=O)[C@@H]2[C@H]3C=C[C@@H]([C@@H]4C[C@H]34)[C@H]2C1=O. The van der Waals surface area contributed by atoms with Crippen LogP contribution in [0.25, 0.3) is 0 Å². The molecular formula is C27H23ClN2O4. The van der Waals surface area contributed by atoms with Crippen LogP contribution in [0.15, 0.2) is 66.7 Å². The van der Waals surface area contributed by atoms with Gasteiger partial charge in [0.1, 0.15) is 6.04 Å². The van der Waals surface area contributed by atoms with Crippen molar-refractivity contribution in [3.8, 4) is 0 Å². The predicted octanol–water partition coefficient (Wildman–Crippen LogP) is 4.02. The second kappa shape index (κ2) is 7.64. The first-order valence-electron chi connectivity index (χ1n) is 11.6. The van der Waals surface area contributed by atoms with Crippen LogP contribution in [0, 0.1) is 35.5 Å². The van der Waals surface area contributed by atoms with E-state index in [0.29, 0.717) is 17.4 Å². The Bertz CT molecular complexity index is 1220. The molecule has 0 N–H and O–H groups in total. The monoisotopic (exact) mass is 474 g/mol. The predicted molar refractivity (Wildman–Crippen MR) is 124 cm³/mol. The number of rotatable bonds is 5. The number of carbonyl (C=O) groups excluding carboxylic acids is 4. The van der Waals surface area contributed by atoms with Gasteiger partial charge >= 0.3 is 0 Å². The van der Waals surface area contributed by atoms with Crippen molar-refractivity contribution in [1.29, 1.82) is 0 Å². The Morgan fingerprint density at radius 1 is 0.912 bits per heavy atom. The van der Waals surface area contributed by atoms with E-state index < -0.39 is 35.6 Å². The lowest BCUT2D eigenvalue weighted by atomic mass is 9.63. The molecular weight excluding hydrogens is 452 g/mol. The topological polar surface area (TPSA) is 74.8 Å². The van der Waals surface area contributed by atoms with E-state index in [4.69, 9.17) is 11.6 Å². The van der Waals surface area contributed by atoms with Gasteiger partial charge in [-0.25, -0.2) is 5.01 Å². The number of Topliss-reactive ketones (excluding diaryl/α,β-unsaturated/α-hetero) is 1. The maximum absolute atomic E-state index is 13.8. The number of halogens is 1. The van der Waals surface area contributed by atoms with E-state index >= 15 is 0 Å². The largest absolute Gasteiger partial charge is 0.292 e. The zero-order valence-electron chi connectivity index (χ0n) is 18.5. The van der Waals surface area contributed by atoms with Crippen molar-refractivity contribution in [2.24, 2.45) is 35.5 Å². The Morgan fingerprint density at radius 2 is 1.47 bits per heavy atom. The van der Waals surface area contributed by atoms with E-state index in [1.165, 1.54) is 6.07 Å². The van der Waals surface area contributed by atoms with Crippen LogP contribution in [0.3, 0.4) is 0 Å². The molecule has 172 valence electrons. The van der Waals surface area contributed by atoms with Crippen molar-refractivity contribution in [1.82, 2.24) is 10.0 Å². The fourth-order valence-corrected chi connectivity index (χ4v) is 6.52. The van der Waals surface area contributed by atoms with Crippen LogP contribution in [0.5, 0.6) is 0 Å². The van der Waals surface area contributed by atoms with Crippen molar-refractivity contribution in [3.63, 3.8) is 0 Å². The summed E-state index contributed by atoms with van der Waals surface area (Å²) >= 11 is 6.32. The van der Waals surface area contributed by atoms with Gasteiger partial charge in [-0.2, -0.15) is 5.01 Å². The molecule has 3 amide bonds. The van der Waals surface area contributed by atoms with E-state index in [9.17, 15) is 19.2 Å². The van der Waals surface area contributed by atoms with E-state index in [-0.39, 0.29) is 28.2 Å². The minimum atomic E-state index is -1.08. The first-order valence-corrected chi connectivity index (χ1v) is 12.0. The highest BCUT2D eigenvalue weighted by atomic mass is 35.5. The molecule has 2 saturated carbocycles. The molecule has 5 aliphatic rings. The summed E-state index contributed by atoms with van der Waals surface area (Å²) < 4.78 is 0. The second-order valence-electron chi connectivity index (χ2n) is 9.68. The van der Waals surface area contributed by atoms with Gasteiger partial charge in [0.15, 0.2) is 5.78 Å². The van der Waals surface area contributed by atoms with Crippen LogP contribution < -0.4 is 0 Å². The van der Waals surface area contributed by atoms with Gasteiger partial charge in [0.2, 0.25) is 0 Å². The van der Waals surface area contributed by atoms with E-state index in [0.717, 1.165) is 16.4 Å². The standard InChI is InChI=1S/C27H23ClN2O4/c1-14(24(31)15-7-3-2-4-8-15)29(25(32)18-9-5-6-10-21(18)28)30-26(33)22-16-11-12-17(20-13-19(16)20)23(22)27(30)34/h2-12,14,16-17,19-20,22-23H,13H2,1H3/t14-,16+,17+,19-,20+,22-,23-/m1/s1. The summed E-state index contributed by atoms with van der Waals surface area (Å²) in [5.74, 6) is -1.86. The van der Waals surface area contributed by atoms with Gasteiger partial charge in [0.25, 0.3) is 17.7 Å². The number of hydrazine groups is 1. The summed E-state index contributed by atoms with van der Waals surface area (Å²) in [4.78, 5) is 54.7. The Kier molecular flexibility index (Phi) is 4.78. The molecule has 0 spiro atoms. The summed E-state index contributed by atoms with van der Waals surface area (Å²) in [5.41, 5.74) is 0.530. The van der Waals surface area contributed by atoms with Crippen molar-refractivity contribution < 1.29 is 19.2 Å². The van der Waals surface area contributed by atoms with Gasteiger partial charge < -0.3 is 0 Å². The molecule has 2 aromatic rings. The maximum atomic E-state index is 13.8. The Morgan fingerprint density at radius 3 is 2.06 bits per heavy atom. The van der Waals surface area contributed by atoms with Crippen LogP contribution in [-0.2, 0) is 9.59 Å². The zero-order chi connectivity index (χ0) is 23.7. The highest BCUT2D eigenvalue weighted by Crippen LogP contribution is 2.65. The molecule has 0 unspecified atom stereocenters. The molecule has 1 aliphatic heterocycles. The fourth-order valence-electron chi connectivity index (χ4n) is 6.31. The quantitative estimate of drug-likeness (QED) is 0.372. The highest BCUT2D eigenvalue weighted by molar-refractivity contribution is 6.34. The number of benzene rings is 2. The lowest BCUT2D eigenvalue weighted by Gasteiger charge is -2.37. The number of allylic oxidation sites excluding steroid dienone is 2. The third-order valence-corrected chi connectivity index (χ3v) is 8.30. The Hall–Kier alpha value is -3.25. The first-order chi connectivity index (χ1) is 16.4. The van der Waals surface area contributed by atoms with Gasteiger partial charge in [0, 0.05) is 5.56 Å². The van der Waals surface area contributed by atoms with Crippen molar-refractivity contribution in [2.75, 3.05) is 0 Å². The van der Waals surface area contributed by atoms with Crippen molar-refractivity contribution >= 4 is 35.1 Å². The molecule has 34 heavy (non-hydrogen) atoms. The molecule has 7 heteroatoms. The number of amides is 3. The molecule has 1 saturated heterocycles. The van der Waals surface area contributed by atoms with Gasteiger partial charge in [-0.05, 0) is 49.1 Å². The second-order valence-corrected chi connectivity index (χ2v) is 10.1. The number of nitrogens with zero attached hydrogens (tertiary/aromatic N) is 2. The van der Waals surface area contributed by atoms with Gasteiger partial charge in [-0.1, -0.05) is 66.2 Å². The van der Waals surface area contributed by atoms with Crippen LogP contribution in [0.1, 0.15) is 34.1 Å². The minimum Gasteiger partial charge on any atom is -0.292 e. The fraction of sp³-hybridized carbons (Fsp3) is 0.333. The van der Waals surface area contributed by atoms with Crippen molar-refractivity contribution in [2.45, 2.75) is 19.4 Å². The maximum Gasteiger partial charge on any atom is 0.275 e. The van der Waals surface area contributed by atoms with Gasteiger partial charge in [0.05, 0.1) is 22.4 Å². The molecule has 7 rings (SSSR count). The third-order valence-electron chi connectivity index (χ3n) is 7.97. The molecule has 2 aromatic carbocycles. The molecule has 0 radical (unpaired) electrons. The summed E-state index contributed by atoms with van der Waals surface area (Å²) in [5, 5.41) is 2.20. The number of hydrogen-bond donors (Lipinski definition) is 0. The highest BCUT2D eigenvalue weighted by Gasteiger charge is 2.68. The summed E-state index contributed by atoms with van der Waals surface area (Å²) in [7, 11) is 0. The van der Waals surface area contributed by atoms with Gasteiger partial charge in [-0.3, -0.25) is 19.2 Å². The van der Waals surface area contributed by atoms with Crippen LogP contribution >= 0.6 is 11.6 Å². The molecule has 0 aromatic heterocycles. The number of ketones is 1. The lowest BCUT2D eigenvalue weighted by Crippen LogP contribution is -2.56. The Balaban J connectivity index is 1.42. The summed E-state index contributed by atoms with van der Waals surface area (Å²) in [6.45, 7) is 1.55. The first kappa shape index (κ1) is 21.3. The molecule has 2 bridgehead atoms. The lowest BCUT2D eigenvalue weighted by molar-refractivity contribution is -0.156. The average molecular weight is 475 g/mol. The smallest absolute Gasteiger partial charge is 0.275 e. The molecule has 3 fully saturated rings. The minimum absolute atomic E-state index is 0.0128. The summed E-state index contributed by atoms with van der Waals surface area (Å²) in [6, 6.07) is 13.9. The van der Waals surface area contributed by atoms with E-state index in [1.54, 1.807) is 55.5 Å². The van der Waals surface area contributed by atoms with Crippen LogP contribution in [0.4, 0.5) is 0 Å². The normalized spacial score (nSPS) is 31.2. The third kappa shape index (κ3) is 2.94. The van der Waals surface area contributed by atoms with Crippen molar-refractivity contribution in [3.05, 3.63) is 82.9 Å². The number of carbonyl (C=O) groups is 4. The molecule has 6 nitrogen and oxygen atoms in total. The van der Waals surface area contributed by atoms with E-state index in [1.807, 2.05) is 0 Å². The number of hydrogen-bond acceptors (Lipinski definition) is 4. The zero-order valence-corrected chi connectivity index (χ0v) is 19.3. The van der Waals surface area contributed by atoms with Gasteiger partial charge in [-0.15, -0.1) is 0 Å². The molecule has 7 atom stereocenters. The summed E-state index contributed by atoms with van der Waals surface area (Å²) in [6.07, 6.45) is 5.20. The Labute approximate surface area is 202 Å².